The molecule has 1 amide bonds. The van der Waals surface area contributed by atoms with Crippen molar-refractivity contribution in [1.82, 2.24) is 9.97 Å². The summed E-state index contributed by atoms with van der Waals surface area (Å²) in [5.74, 6) is -0.535. The van der Waals surface area contributed by atoms with Crippen LogP contribution in [0.5, 0.6) is 0 Å². The fourth-order valence-corrected chi connectivity index (χ4v) is 5.92. The number of H-pyrrole nitrogens is 1. The Bertz CT molecular complexity index is 1310. The Labute approximate surface area is 203 Å². The number of nitrogens with one attached hydrogen (secondary N) is 2. The Hall–Kier alpha value is -2.78. The molecule has 1 fully saturated rings. The van der Waals surface area contributed by atoms with Crippen LogP contribution in [0.3, 0.4) is 0 Å². The second kappa shape index (κ2) is 10.2. The van der Waals surface area contributed by atoms with E-state index in [1.807, 2.05) is 6.07 Å². The largest absolute Gasteiger partial charge is 0.326 e. The minimum absolute atomic E-state index is 0.208. The topological polar surface area (TPSA) is 109 Å². The summed E-state index contributed by atoms with van der Waals surface area (Å²) in [4.78, 5) is 34.1. The molecule has 1 aliphatic carbocycles. The van der Waals surface area contributed by atoms with Crippen molar-refractivity contribution in [3.63, 3.8) is 0 Å². The minimum atomic E-state index is -3.34. The number of aromatic nitrogens is 2. The Kier molecular flexibility index (Phi) is 7.33. The van der Waals surface area contributed by atoms with Gasteiger partial charge in [-0.1, -0.05) is 44.2 Å². The van der Waals surface area contributed by atoms with E-state index in [-0.39, 0.29) is 16.4 Å². The van der Waals surface area contributed by atoms with Crippen molar-refractivity contribution in [1.29, 1.82) is 0 Å². The lowest BCUT2D eigenvalue weighted by Gasteiger charge is -2.27. The minimum Gasteiger partial charge on any atom is -0.326 e. The summed E-state index contributed by atoms with van der Waals surface area (Å²) in [5.41, 5.74) is 2.14. The molecule has 34 heavy (non-hydrogen) atoms. The molecule has 180 valence electrons. The molecule has 0 bridgehead atoms. The number of benzene rings is 1. The SMILES string of the molecule is Cc1cc(-c2ccc(S(C)(=O)=O)cc2)c([C@H](CC2CCCCC2)C(=O)Nc2nccs2)c(=O)[nH]1. The van der Waals surface area contributed by atoms with Crippen molar-refractivity contribution in [2.75, 3.05) is 11.6 Å². The number of carbonyl (C=O) groups excluding carboxylic acids is 1. The van der Waals surface area contributed by atoms with Gasteiger partial charge in [-0.25, -0.2) is 13.4 Å². The van der Waals surface area contributed by atoms with Gasteiger partial charge in [0.05, 0.1) is 10.8 Å². The maximum atomic E-state index is 13.5. The number of aromatic amines is 1. The van der Waals surface area contributed by atoms with Crippen molar-refractivity contribution in [2.24, 2.45) is 5.92 Å². The van der Waals surface area contributed by atoms with Crippen LogP contribution < -0.4 is 10.9 Å². The van der Waals surface area contributed by atoms with Gasteiger partial charge >= 0.3 is 0 Å². The van der Waals surface area contributed by atoms with Crippen LogP contribution >= 0.6 is 11.3 Å². The molecule has 4 rings (SSSR count). The number of anilines is 1. The first kappa shape index (κ1) is 24.3. The Balaban J connectivity index is 1.79. The molecular weight excluding hydrogens is 470 g/mol. The van der Waals surface area contributed by atoms with Gasteiger partial charge in [0.1, 0.15) is 0 Å². The summed E-state index contributed by atoms with van der Waals surface area (Å²) in [5, 5.41) is 5.19. The first-order valence-electron chi connectivity index (χ1n) is 11.5. The Morgan fingerprint density at radius 1 is 1.21 bits per heavy atom. The molecular formula is C25H29N3O4S2. The summed E-state index contributed by atoms with van der Waals surface area (Å²) in [7, 11) is -3.34. The molecule has 3 aromatic rings. The van der Waals surface area contributed by atoms with E-state index in [0.717, 1.165) is 31.9 Å². The Morgan fingerprint density at radius 2 is 1.91 bits per heavy atom. The van der Waals surface area contributed by atoms with Crippen LogP contribution in [0.15, 0.2) is 51.6 Å². The lowest BCUT2D eigenvalue weighted by Crippen LogP contribution is -2.30. The summed E-state index contributed by atoms with van der Waals surface area (Å²) in [6, 6.07) is 8.33. The van der Waals surface area contributed by atoms with Crippen molar-refractivity contribution < 1.29 is 13.2 Å². The van der Waals surface area contributed by atoms with Gasteiger partial charge in [0.15, 0.2) is 15.0 Å². The third-order valence-corrected chi connectivity index (χ3v) is 8.24. The van der Waals surface area contributed by atoms with Gasteiger partial charge in [0.2, 0.25) is 5.91 Å². The van der Waals surface area contributed by atoms with E-state index in [9.17, 15) is 18.0 Å². The second-order valence-corrected chi connectivity index (χ2v) is 11.9. The number of sulfone groups is 1. The highest BCUT2D eigenvalue weighted by Crippen LogP contribution is 2.37. The standard InChI is InChI=1S/C25H29N3O4S2/c1-16-14-20(18-8-10-19(11-9-18)34(2,31)32)22(24(30)27-16)21(15-17-6-4-3-5-7-17)23(29)28-25-26-12-13-33-25/h8-14,17,21H,3-7,15H2,1-2H3,(H,27,30)(H,26,28,29)/t21-/m0/s1. The van der Waals surface area contributed by atoms with Crippen LogP contribution in [-0.2, 0) is 14.6 Å². The van der Waals surface area contributed by atoms with Gasteiger partial charge < -0.3 is 10.3 Å². The van der Waals surface area contributed by atoms with Gasteiger partial charge in [-0.15, -0.1) is 11.3 Å². The van der Waals surface area contributed by atoms with Crippen LogP contribution in [0.25, 0.3) is 11.1 Å². The fraction of sp³-hybridized carbons (Fsp3) is 0.400. The van der Waals surface area contributed by atoms with E-state index in [2.05, 4.69) is 15.3 Å². The van der Waals surface area contributed by atoms with E-state index >= 15 is 0 Å². The van der Waals surface area contributed by atoms with Gasteiger partial charge in [-0.3, -0.25) is 9.59 Å². The monoisotopic (exact) mass is 499 g/mol. The summed E-state index contributed by atoms with van der Waals surface area (Å²) < 4.78 is 23.8. The molecule has 2 N–H and O–H groups in total. The normalized spacial score (nSPS) is 15.7. The van der Waals surface area contributed by atoms with Crippen molar-refractivity contribution in [3.05, 3.63) is 63.5 Å². The van der Waals surface area contributed by atoms with Crippen LogP contribution in [0.4, 0.5) is 5.13 Å². The average Bonchev–Trinajstić information content (AvgIpc) is 3.31. The van der Waals surface area contributed by atoms with E-state index < -0.39 is 15.8 Å². The van der Waals surface area contributed by atoms with Crippen molar-refractivity contribution >= 4 is 32.2 Å². The smallest absolute Gasteiger partial charge is 0.252 e. The molecule has 1 aliphatic rings. The number of thiazole rings is 1. The average molecular weight is 500 g/mol. The number of amides is 1. The van der Waals surface area contributed by atoms with Gasteiger partial charge in [-0.2, -0.15) is 0 Å². The summed E-state index contributed by atoms with van der Waals surface area (Å²) >= 11 is 1.34. The quantitative estimate of drug-likeness (QED) is 0.480. The molecule has 2 heterocycles. The summed E-state index contributed by atoms with van der Waals surface area (Å²) in [6.45, 7) is 1.80. The van der Waals surface area contributed by atoms with Crippen LogP contribution in [0.2, 0.25) is 0 Å². The van der Waals surface area contributed by atoms with Crippen molar-refractivity contribution in [3.8, 4) is 11.1 Å². The molecule has 0 aliphatic heterocycles. The van der Waals surface area contributed by atoms with E-state index in [0.29, 0.717) is 39.9 Å². The lowest BCUT2D eigenvalue weighted by atomic mass is 9.79. The first-order valence-corrected chi connectivity index (χ1v) is 14.2. The van der Waals surface area contributed by atoms with Crippen LogP contribution in [-0.4, -0.2) is 30.5 Å². The summed E-state index contributed by atoms with van der Waals surface area (Å²) in [6.07, 6.45) is 8.93. The molecule has 1 atom stereocenters. The highest BCUT2D eigenvalue weighted by atomic mass is 32.2. The molecule has 1 aromatic carbocycles. The van der Waals surface area contributed by atoms with Crippen LogP contribution in [0, 0.1) is 12.8 Å². The molecule has 2 aromatic heterocycles. The zero-order chi connectivity index (χ0) is 24.3. The number of hydrogen-bond acceptors (Lipinski definition) is 6. The zero-order valence-corrected chi connectivity index (χ0v) is 21.0. The van der Waals surface area contributed by atoms with Gasteiger partial charge in [0.25, 0.3) is 5.56 Å². The van der Waals surface area contributed by atoms with Crippen LogP contribution in [0.1, 0.15) is 55.7 Å². The number of rotatable bonds is 7. The number of aryl methyl sites for hydroxylation is 1. The Morgan fingerprint density at radius 3 is 2.53 bits per heavy atom. The number of hydrogen-bond donors (Lipinski definition) is 2. The third kappa shape index (κ3) is 5.64. The highest BCUT2D eigenvalue weighted by Gasteiger charge is 2.31. The second-order valence-electron chi connectivity index (χ2n) is 9.02. The van der Waals surface area contributed by atoms with Crippen molar-refractivity contribution in [2.45, 2.75) is 56.3 Å². The maximum absolute atomic E-state index is 13.5. The molecule has 0 spiro atoms. The maximum Gasteiger partial charge on any atom is 0.252 e. The number of carbonyl (C=O) groups is 1. The number of nitrogens with zero attached hydrogens (tertiary/aromatic N) is 1. The number of pyridine rings is 1. The molecule has 0 saturated heterocycles. The van der Waals surface area contributed by atoms with E-state index in [1.165, 1.54) is 29.9 Å². The zero-order valence-electron chi connectivity index (χ0n) is 19.3. The molecule has 9 heteroatoms. The van der Waals surface area contributed by atoms with Gasteiger partial charge in [0, 0.05) is 29.1 Å². The predicted molar refractivity (Wildman–Crippen MR) is 135 cm³/mol. The molecule has 1 saturated carbocycles. The predicted octanol–water partition coefficient (Wildman–Crippen LogP) is 4.90. The van der Waals surface area contributed by atoms with E-state index in [1.54, 1.807) is 30.6 Å². The first-order chi connectivity index (χ1) is 16.2. The third-order valence-electron chi connectivity index (χ3n) is 6.42. The fourth-order valence-electron chi connectivity index (χ4n) is 4.76. The molecule has 7 nitrogen and oxygen atoms in total. The lowest BCUT2D eigenvalue weighted by molar-refractivity contribution is -0.118. The molecule has 0 unspecified atom stereocenters. The van der Waals surface area contributed by atoms with Gasteiger partial charge in [-0.05, 0) is 48.6 Å². The highest BCUT2D eigenvalue weighted by molar-refractivity contribution is 7.90. The molecule has 0 radical (unpaired) electrons. The van der Waals surface area contributed by atoms with E-state index in [4.69, 9.17) is 0 Å².